The summed E-state index contributed by atoms with van der Waals surface area (Å²) in [6.07, 6.45) is -4.78. The van der Waals surface area contributed by atoms with Gasteiger partial charge in [-0.05, 0) is 32.0 Å². The van der Waals surface area contributed by atoms with Crippen LogP contribution in [0.5, 0.6) is 0 Å². The topological polar surface area (TPSA) is 93.7 Å². The van der Waals surface area contributed by atoms with Gasteiger partial charge >= 0.3 is 24.1 Å². The molecule has 7 nitrogen and oxygen atoms in total. The number of amides is 2. The van der Waals surface area contributed by atoms with Crippen molar-refractivity contribution in [1.29, 1.82) is 0 Å². The van der Waals surface area contributed by atoms with Crippen LogP contribution < -0.4 is 10.6 Å². The van der Waals surface area contributed by atoms with E-state index in [1.54, 1.807) is 0 Å². The van der Waals surface area contributed by atoms with Crippen LogP contribution in [-0.4, -0.2) is 37.2 Å². The van der Waals surface area contributed by atoms with Crippen LogP contribution in [-0.2, 0) is 25.2 Å². The van der Waals surface area contributed by atoms with Crippen LogP contribution in [0.3, 0.4) is 0 Å². The summed E-state index contributed by atoms with van der Waals surface area (Å²) < 4.78 is 48.3. The molecule has 0 aliphatic heterocycles. The Morgan fingerprint density at radius 3 is 2.12 bits per heavy atom. The van der Waals surface area contributed by atoms with E-state index in [4.69, 9.17) is 11.6 Å². The van der Waals surface area contributed by atoms with Crippen LogP contribution >= 0.6 is 11.6 Å². The first kappa shape index (κ1) is 21.6. The molecule has 0 aliphatic carbocycles. The van der Waals surface area contributed by atoms with E-state index in [1.165, 1.54) is 13.8 Å². The minimum Gasteiger partial charge on any atom is -0.464 e. The fourth-order valence-electron chi connectivity index (χ4n) is 1.81. The van der Waals surface area contributed by atoms with Gasteiger partial charge in [0.2, 0.25) is 6.04 Å². The molecule has 0 radical (unpaired) electrons. The molecule has 0 unspecified atom stereocenters. The van der Waals surface area contributed by atoms with Crippen molar-refractivity contribution >= 4 is 35.3 Å². The average molecular weight is 397 g/mol. The molecule has 0 heterocycles. The quantitative estimate of drug-likeness (QED) is 0.569. The molecule has 0 saturated carbocycles. The number of urea groups is 1. The van der Waals surface area contributed by atoms with E-state index in [1.807, 2.05) is 10.6 Å². The molecule has 1 aromatic rings. The molecule has 1 rings (SSSR count). The third kappa shape index (κ3) is 6.10. The summed E-state index contributed by atoms with van der Waals surface area (Å²) in [4.78, 5) is 35.5. The Bertz CT molecular complexity index is 664. The first-order chi connectivity index (χ1) is 12.1. The van der Waals surface area contributed by atoms with Crippen LogP contribution in [0.1, 0.15) is 19.4 Å². The smallest absolute Gasteiger partial charge is 0.418 e. The number of carbonyl (C=O) groups excluding carboxylic acids is 3. The molecule has 0 spiro atoms. The normalized spacial score (nSPS) is 11.0. The maximum absolute atomic E-state index is 13.0. The van der Waals surface area contributed by atoms with Gasteiger partial charge in [0.1, 0.15) is 0 Å². The highest BCUT2D eigenvalue weighted by molar-refractivity contribution is 6.30. The lowest BCUT2D eigenvalue weighted by Crippen LogP contribution is -2.49. The van der Waals surface area contributed by atoms with Crippen LogP contribution in [0.4, 0.5) is 23.7 Å². The van der Waals surface area contributed by atoms with Gasteiger partial charge in [-0.3, -0.25) is 0 Å². The molecule has 11 heteroatoms. The number of anilines is 1. The molecular weight excluding hydrogens is 381 g/mol. The molecule has 0 aliphatic rings. The number of rotatable bonds is 6. The maximum atomic E-state index is 13.0. The van der Waals surface area contributed by atoms with Crippen molar-refractivity contribution in [3.05, 3.63) is 28.8 Å². The van der Waals surface area contributed by atoms with Gasteiger partial charge in [-0.15, -0.1) is 0 Å². The lowest BCUT2D eigenvalue weighted by molar-refractivity contribution is -0.157. The number of halogens is 4. The third-order valence-corrected chi connectivity index (χ3v) is 3.09. The molecule has 144 valence electrons. The molecule has 0 bridgehead atoms. The monoisotopic (exact) mass is 396 g/mol. The number of esters is 2. The molecule has 0 atom stereocenters. The second kappa shape index (κ2) is 9.27. The van der Waals surface area contributed by atoms with Crippen LogP contribution in [0.2, 0.25) is 5.02 Å². The fraction of sp³-hybridized carbons (Fsp3) is 0.400. The van der Waals surface area contributed by atoms with Gasteiger partial charge in [-0.1, -0.05) is 11.6 Å². The standard InChI is InChI=1S/C15H16ClF3N2O5/c1-3-25-12(22)11(13(23)26-4-2)21-14(24)20-10-6-5-8(16)7-9(10)15(17,18)19/h5-7,11H,3-4H2,1-2H3,(H2,20,21,24). The minimum atomic E-state index is -4.78. The zero-order chi connectivity index (χ0) is 19.9. The number of benzene rings is 1. The number of hydrogen-bond acceptors (Lipinski definition) is 5. The summed E-state index contributed by atoms with van der Waals surface area (Å²) in [5, 5.41) is 3.67. The highest BCUT2D eigenvalue weighted by Gasteiger charge is 2.35. The summed E-state index contributed by atoms with van der Waals surface area (Å²) in [5.41, 5.74) is -1.80. The Morgan fingerprint density at radius 2 is 1.65 bits per heavy atom. The first-order valence-corrected chi connectivity index (χ1v) is 7.75. The van der Waals surface area contributed by atoms with Gasteiger partial charge in [0.15, 0.2) is 0 Å². The third-order valence-electron chi connectivity index (χ3n) is 2.86. The molecular formula is C15H16ClF3N2O5. The molecule has 1 aromatic carbocycles. The van der Waals surface area contributed by atoms with Crippen molar-refractivity contribution in [2.45, 2.75) is 26.1 Å². The van der Waals surface area contributed by atoms with Crippen molar-refractivity contribution in [2.75, 3.05) is 18.5 Å². The summed E-state index contributed by atoms with van der Waals surface area (Å²) >= 11 is 5.55. The predicted octanol–water partition coefficient (Wildman–Crippen LogP) is 2.98. The lowest BCUT2D eigenvalue weighted by atomic mass is 10.1. The Labute approximate surface area is 151 Å². The predicted molar refractivity (Wildman–Crippen MR) is 85.7 cm³/mol. The van der Waals surface area contributed by atoms with Gasteiger partial charge < -0.3 is 20.1 Å². The number of hydrogen-bond donors (Lipinski definition) is 2. The van der Waals surface area contributed by atoms with E-state index in [0.29, 0.717) is 6.07 Å². The average Bonchev–Trinajstić information content (AvgIpc) is 2.53. The van der Waals surface area contributed by atoms with Crippen LogP contribution in [0.15, 0.2) is 18.2 Å². The van der Waals surface area contributed by atoms with E-state index < -0.39 is 41.4 Å². The van der Waals surface area contributed by atoms with Gasteiger partial charge in [0.25, 0.3) is 0 Å². The largest absolute Gasteiger partial charge is 0.464 e. The van der Waals surface area contributed by atoms with Crippen molar-refractivity contribution in [3.8, 4) is 0 Å². The maximum Gasteiger partial charge on any atom is 0.418 e. The molecule has 0 saturated heterocycles. The second-order valence-electron chi connectivity index (χ2n) is 4.72. The van der Waals surface area contributed by atoms with E-state index in [9.17, 15) is 27.6 Å². The lowest BCUT2D eigenvalue weighted by Gasteiger charge is -2.18. The van der Waals surface area contributed by atoms with Crippen molar-refractivity contribution in [1.82, 2.24) is 5.32 Å². The molecule has 2 N–H and O–H groups in total. The number of nitrogens with one attached hydrogen (secondary N) is 2. The van der Waals surface area contributed by atoms with Crippen molar-refractivity contribution < 1.29 is 37.0 Å². The first-order valence-electron chi connectivity index (χ1n) is 7.37. The minimum absolute atomic E-state index is 0.0759. The highest BCUT2D eigenvalue weighted by Crippen LogP contribution is 2.36. The zero-order valence-corrected chi connectivity index (χ0v) is 14.5. The number of alkyl halides is 3. The van der Waals surface area contributed by atoms with Crippen LogP contribution in [0, 0.1) is 0 Å². The van der Waals surface area contributed by atoms with E-state index in [0.717, 1.165) is 12.1 Å². The van der Waals surface area contributed by atoms with E-state index >= 15 is 0 Å². The Kier molecular flexibility index (Phi) is 7.69. The number of ether oxygens (including phenoxy) is 2. The summed E-state index contributed by atoms with van der Waals surface area (Å²) in [5.74, 6) is -2.21. The number of carbonyl (C=O) groups is 3. The van der Waals surface area contributed by atoms with E-state index in [2.05, 4.69) is 9.47 Å². The van der Waals surface area contributed by atoms with Crippen LogP contribution in [0.25, 0.3) is 0 Å². The second-order valence-corrected chi connectivity index (χ2v) is 5.16. The molecule has 0 aromatic heterocycles. The summed E-state index contributed by atoms with van der Waals surface area (Å²) in [7, 11) is 0. The van der Waals surface area contributed by atoms with Gasteiger partial charge in [0.05, 0.1) is 24.5 Å². The molecule has 2 amide bonds. The molecule has 26 heavy (non-hydrogen) atoms. The molecule has 0 fully saturated rings. The summed E-state index contributed by atoms with van der Waals surface area (Å²) in [6, 6.07) is -0.346. The Balaban J connectivity index is 2.98. The van der Waals surface area contributed by atoms with Gasteiger partial charge in [-0.25, -0.2) is 14.4 Å². The highest BCUT2D eigenvalue weighted by atomic mass is 35.5. The summed E-state index contributed by atoms with van der Waals surface area (Å²) in [6.45, 7) is 2.80. The van der Waals surface area contributed by atoms with Gasteiger partial charge in [0, 0.05) is 5.02 Å². The van der Waals surface area contributed by atoms with Crippen molar-refractivity contribution in [3.63, 3.8) is 0 Å². The fourth-order valence-corrected chi connectivity index (χ4v) is 1.99. The Hall–Kier alpha value is -2.49. The Morgan fingerprint density at radius 1 is 1.12 bits per heavy atom. The van der Waals surface area contributed by atoms with Crippen molar-refractivity contribution in [2.24, 2.45) is 0 Å². The SMILES string of the molecule is CCOC(=O)C(NC(=O)Nc1ccc(Cl)cc1C(F)(F)F)C(=O)OCC. The zero-order valence-electron chi connectivity index (χ0n) is 13.8. The van der Waals surface area contributed by atoms with E-state index in [-0.39, 0.29) is 18.2 Å². The van der Waals surface area contributed by atoms with Gasteiger partial charge in [-0.2, -0.15) is 13.2 Å².